The first-order valence-corrected chi connectivity index (χ1v) is 6.05. The van der Waals surface area contributed by atoms with E-state index in [2.05, 4.69) is 12.2 Å². The van der Waals surface area contributed by atoms with Crippen molar-refractivity contribution in [2.24, 2.45) is 0 Å². The maximum absolute atomic E-state index is 13.3. The molecule has 18 heavy (non-hydrogen) atoms. The van der Waals surface area contributed by atoms with Crippen molar-refractivity contribution in [1.82, 2.24) is 0 Å². The Morgan fingerprint density at radius 1 is 1.11 bits per heavy atom. The lowest BCUT2D eigenvalue weighted by Crippen LogP contribution is -2.08. The highest BCUT2D eigenvalue weighted by molar-refractivity contribution is 5.47. The lowest BCUT2D eigenvalue weighted by molar-refractivity contribution is -0.137. The number of halogens is 4. The molecule has 0 saturated carbocycles. The lowest BCUT2D eigenvalue weighted by Gasteiger charge is -2.11. The average Bonchev–Trinajstić information content (AvgIpc) is 2.29. The summed E-state index contributed by atoms with van der Waals surface area (Å²) in [6.45, 7) is 2.55. The fourth-order valence-electron chi connectivity index (χ4n) is 1.61. The Hall–Kier alpha value is -1.26. The van der Waals surface area contributed by atoms with Crippen molar-refractivity contribution in [2.75, 3.05) is 11.9 Å². The maximum Gasteiger partial charge on any atom is 0.416 e. The van der Waals surface area contributed by atoms with Gasteiger partial charge in [-0.05, 0) is 24.6 Å². The van der Waals surface area contributed by atoms with Crippen LogP contribution in [0.15, 0.2) is 18.2 Å². The molecule has 0 fully saturated rings. The highest BCUT2D eigenvalue weighted by atomic mass is 19.4. The molecule has 0 heterocycles. The zero-order chi connectivity index (χ0) is 13.6. The van der Waals surface area contributed by atoms with Crippen LogP contribution in [0.5, 0.6) is 0 Å². The second-order valence-corrected chi connectivity index (χ2v) is 4.18. The molecule has 0 atom stereocenters. The first kappa shape index (κ1) is 14.8. The minimum Gasteiger partial charge on any atom is -0.383 e. The van der Waals surface area contributed by atoms with E-state index >= 15 is 0 Å². The van der Waals surface area contributed by atoms with E-state index in [-0.39, 0.29) is 5.69 Å². The molecule has 0 aliphatic heterocycles. The molecule has 1 N–H and O–H groups in total. The largest absolute Gasteiger partial charge is 0.416 e. The molecule has 0 aliphatic rings. The van der Waals surface area contributed by atoms with Crippen LogP contribution in [-0.4, -0.2) is 6.54 Å². The summed E-state index contributed by atoms with van der Waals surface area (Å²) in [4.78, 5) is 0. The molecule has 0 spiro atoms. The first-order valence-electron chi connectivity index (χ1n) is 6.05. The highest BCUT2D eigenvalue weighted by Crippen LogP contribution is 2.31. The predicted molar refractivity (Wildman–Crippen MR) is 64.0 cm³/mol. The molecule has 0 aliphatic carbocycles. The number of hydrogen-bond donors (Lipinski definition) is 1. The fraction of sp³-hybridized carbons (Fsp3) is 0.538. The summed E-state index contributed by atoms with van der Waals surface area (Å²) in [7, 11) is 0. The van der Waals surface area contributed by atoms with Gasteiger partial charge in [0, 0.05) is 6.54 Å². The van der Waals surface area contributed by atoms with Crippen LogP contribution in [0.25, 0.3) is 0 Å². The van der Waals surface area contributed by atoms with Crippen LogP contribution in [0.2, 0.25) is 0 Å². The van der Waals surface area contributed by atoms with Crippen molar-refractivity contribution in [1.29, 1.82) is 0 Å². The van der Waals surface area contributed by atoms with Gasteiger partial charge in [0.05, 0.1) is 11.3 Å². The molecule has 1 aromatic carbocycles. The van der Waals surface area contributed by atoms with E-state index in [4.69, 9.17) is 0 Å². The molecular formula is C13H17F4N. The second kappa shape index (κ2) is 6.61. The van der Waals surface area contributed by atoms with Gasteiger partial charge in [-0.2, -0.15) is 13.2 Å². The minimum atomic E-state index is -4.44. The Morgan fingerprint density at radius 2 is 1.83 bits per heavy atom. The van der Waals surface area contributed by atoms with Crippen LogP contribution < -0.4 is 5.32 Å². The van der Waals surface area contributed by atoms with Gasteiger partial charge in [-0.25, -0.2) is 4.39 Å². The van der Waals surface area contributed by atoms with Crippen molar-refractivity contribution in [2.45, 2.75) is 38.8 Å². The van der Waals surface area contributed by atoms with Gasteiger partial charge in [-0.15, -0.1) is 0 Å². The number of unbranched alkanes of at least 4 members (excludes halogenated alkanes) is 3. The van der Waals surface area contributed by atoms with Gasteiger partial charge in [0.1, 0.15) is 5.82 Å². The van der Waals surface area contributed by atoms with Gasteiger partial charge < -0.3 is 5.32 Å². The standard InChI is InChI=1S/C13H17F4N/c1-2-3-4-5-8-18-12-9-10(13(15,16)17)6-7-11(12)14/h6-7,9,18H,2-5,8H2,1H3. The Morgan fingerprint density at radius 3 is 2.44 bits per heavy atom. The molecule has 0 aromatic heterocycles. The van der Waals surface area contributed by atoms with Crippen LogP contribution in [0, 0.1) is 5.82 Å². The predicted octanol–water partition coefficient (Wildman–Crippen LogP) is 4.84. The number of hydrogen-bond acceptors (Lipinski definition) is 1. The van der Waals surface area contributed by atoms with E-state index in [9.17, 15) is 17.6 Å². The molecule has 1 rings (SSSR count). The number of anilines is 1. The molecule has 0 unspecified atom stereocenters. The Labute approximate surface area is 104 Å². The summed E-state index contributed by atoms with van der Waals surface area (Å²) in [5, 5.41) is 2.71. The molecule has 0 amide bonds. The van der Waals surface area contributed by atoms with Gasteiger partial charge in [0.25, 0.3) is 0 Å². The minimum absolute atomic E-state index is 0.0821. The van der Waals surface area contributed by atoms with Crippen LogP contribution in [-0.2, 0) is 6.18 Å². The van der Waals surface area contributed by atoms with Gasteiger partial charge in [-0.1, -0.05) is 26.2 Å². The number of alkyl halides is 3. The summed E-state index contributed by atoms with van der Waals surface area (Å²) in [5.74, 6) is -0.654. The summed E-state index contributed by atoms with van der Waals surface area (Å²) in [6.07, 6.45) is -0.468. The normalized spacial score (nSPS) is 11.6. The Balaban J connectivity index is 2.59. The monoisotopic (exact) mass is 263 g/mol. The summed E-state index contributed by atoms with van der Waals surface area (Å²) < 4.78 is 50.6. The number of nitrogens with one attached hydrogen (secondary N) is 1. The van der Waals surface area contributed by atoms with Crippen LogP contribution in [0.1, 0.15) is 38.2 Å². The van der Waals surface area contributed by atoms with Crippen molar-refractivity contribution in [3.05, 3.63) is 29.6 Å². The van der Waals surface area contributed by atoms with E-state index in [1.165, 1.54) is 0 Å². The van der Waals surface area contributed by atoms with Crippen molar-refractivity contribution >= 4 is 5.69 Å². The summed E-state index contributed by atoms with van der Waals surface area (Å²) in [5.41, 5.74) is -0.915. The van der Waals surface area contributed by atoms with Crippen LogP contribution >= 0.6 is 0 Å². The molecule has 102 valence electrons. The van der Waals surface area contributed by atoms with E-state index in [0.717, 1.165) is 43.9 Å². The Kier molecular flexibility index (Phi) is 5.44. The highest BCUT2D eigenvalue weighted by Gasteiger charge is 2.31. The first-order chi connectivity index (χ1) is 8.45. The lowest BCUT2D eigenvalue weighted by atomic mass is 10.1. The fourth-order valence-corrected chi connectivity index (χ4v) is 1.61. The quantitative estimate of drug-likeness (QED) is 0.572. The Bertz CT molecular complexity index is 374. The molecule has 5 heteroatoms. The molecule has 0 saturated heterocycles. The number of rotatable bonds is 6. The SMILES string of the molecule is CCCCCCNc1cc(C(F)(F)F)ccc1F. The molecule has 1 nitrogen and oxygen atoms in total. The average molecular weight is 263 g/mol. The molecule has 0 bridgehead atoms. The number of benzene rings is 1. The third-order valence-electron chi connectivity index (χ3n) is 2.64. The van der Waals surface area contributed by atoms with E-state index in [1.54, 1.807) is 0 Å². The third kappa shape index (κ3) is 4.55. The zero-order valence-corrected chi connectivity index (χ0v) is 10.3. The van der Waals surface area contributed by atoms with Crippen molar-refractivity contribution in [3.8, 4) is 0 Å². The second-order valence-electron chi connectivity index (χ2n) is 4.18. The van der Waals surface area contributed by atoms with Crippen molar-refractivity contribution in [3.63, 3.8) is 0 Å². The van der Waals surface area contributed by atoms with Gasteiger partial charge in [0.15, 0.2) is 0 Å². The van der Waals surface area contributed by atoms with Gasteiger partial charge in [-0.3, -0.25) is 0 Å². The van der Waals surface area contributed by atoms with Crippen LogP contribution in [0.3, 0.4) is 0 Å². The van der Waals surface area contributed by atoms with E-state index in [0.29, 0.717) is 6.54 Å². The van der Waals surface area contributed by atoms with Crippen molar-refractivity contribution < 1.29 is 17.6 Å². The van der Waals surface area contributed by atoms with E-state index < -0.39 is 17.6 Å². The maximum atomic E-state index is 13.3. The van der Waals surface area contributed by atoms with Crippen LogP contribution in [0.4, 0.5) is 23.2 Å². The zero-order valence-electron chi connectivity index (χ0n) is 10.3. The third-order valence-corrected chi connectivity index (χ3v) is 2.64. The summed E-state index contributed by atoms with van der Waals surface area (Å²) >= 11 is 0. The molecule has 0 radical (unpaired) electrons. The molecular weight excluding hydrogens is 246 g/mol. The topological polar surface area (TPSA) is 12.0 Å². The molecule has 1 aromatic rings. The van der Waals surface area contributed by atoms with Gasteiger partial charge in [0.2, 0.25) is 0 Å². The summed E-state index contributed by atoms with van der Waals surface area (Å²) in [6, 6.07) is 2.41. The van der Waals surface area contributed by atoms with Gasteiger partial charge >= 0.3 is 6.18 Å². The van der Waals surface area contributed by atoms with E-state index in [1.807, 2.05) is 0 Å². The smallest absolute Gasteiger partial charge is 0.383 e.